The lowest BCUT2D eigenvalue weighted by Crippen LogP contribution is -2.33. The number of amides is 1. The highest BCUT2D eigenvalue weighted by Crippen LogP contribution is 2.17. The minimum absolute atomic E-state index is 0.161. The Kier molecular flexibility index (Phi) is 6.80. The molecule has 0 bridgehead atoms. The first kappa shape index (κ1) is 18.8. The number of rotatable bonds is 8. The smallest absolute Gasteiger partial charge is 0.341 e. The van der Waals surface area contributed by atoms with Gasteiger partial charge >= 0.3 is 5.97 Å². The van der Waals surface area contributed by atoms with E-state index < -0.39 is 12.6 Å². The second kappa shape index (κ2) is 9.05. The van der Waals surface area contributed by atoms with Crippen LogP contribution in [0.5, 0.6) is 5.75 Å². The summed E-state index contributed by atoms with van der Waals surface area (Å²) in [4.78, 5) is 24.6. The Morgan fingerprint density at radius 1 is 1.12 bits per heavy atom. The normalized spacial score (nSPS) is 10.3. The molecule has 2 aromatic carbocycles. The van der Waals surface area contributed by atoms with Crippen molar-refractivity contribution in [1.82, 2.24) is 4.90 Å². The van der Waals surface area contributed by atoms with Crippen LogP contribution in [-0.2, 0) is 11.3 Å². The standard InChI is InChI=1S/C18H18ClNO5/c19-15-3-1-2-14(10-15)18(24)20(8-9-21)11-13-4-6-16(7-5-13)25-12-17(22)23/h1-7,10,21H,8-9,11-12H2,(H,22,23). The molecule has 0 spiro atoms. The van der Waals surface area contributed by atoms with Crippen LogP contribution in [-0.4, -0.2) is 46.7 Å². The summed E-state index contributed by atoms with van der Waals surface area (Å²) in [6.07, 6.45) is 0. The van der Waals surface area contributed by atoms with Gasteiger partial charge in [0.2, 0.25) is 0 Å². The monoisotopic (exact) mass is 363 g/mol. The number of carboxylic acid groups (broad SMARTS) is 1. The second-order valence-electron chi connectivity index (χ2n) is 5.29. The van der Waals surface area contributed by atoms with E-state index in [9.17, 15) is 14.7 Å². The molecule has 0 saturated carbocycles. The molecule has 0 aliphatic heterocycles. The molecule has 0 aromatic heterocycles. The van der Waals surface area contributed by atoms with Gasteiger partial charge in [-0.15, -0.1) is 0 Å². The summed E-state index contributed by atoms with van der Waals surface area (Å²) in [6.45, 7) is -0.0942. The van der Waals surface area contributed by atoms with Crippen molar-refractivity contribution in [1.29, 1.82) is 0 Å². The van der Waals surface area contributed by atoms with Gasteiger partial charge in [0, 0.05) is 23.7 Å². The van der Waals surface area contributed by atoms with Crippen molar-refractivity contribution in [2.75, 3.05) is 19.8 Å². The van der Waals surface area contributed by atoms with Crippen LogP contribution < -0.4 is 4.74 Å². The van der Waals surface area contributed by atoms with Crippen molar-refractivity contribution in [2.45, 2.75) is 6.54 Å². The molecular formula is C18H18ClNO5. The van der Waals surface area contributed by atoms with Gasteiger partial charge in [-0.2, -0.15) is 0 Å². The largest absolute Gasteiger partial charge is 0.482 e. The van der Waals surface area contributed by atoms with E-state index in [4.69, 9.17) is 21.4 Å². The Hall–Kier alpha value is -2.57. The maximum Gasteiger partial charge on any atom is 0.341 e. The number of hydrogen-bond donors (Lipinski definition) is 2. The van der Waals surface area contributed by atoms with E-state index in [0.717, 1.165) is 5.56 Å². The first-order valence-electron chi connectivity index (χ1n) is 7.59. The molecular weight excluding hydrogens is 346 g/mol. The average Bonchev–Trinajstić information content (AvgIpc) is 2.60. The lowest BCUT2D eigenvalue weighted by Gasteiger charge is -2.22. The number of halogens is 1. The van der Waals surface area contributed by atoms with Crippen LogP contribution in [0.3, 0.4) is 0 Å². The van der Waals surface area contributed by atoms with Gasteiger partial charge in [0.05, 0.1) is 6.61 Å². The van der Waals surface area contributed by atoms with Crippen molar-refractivity contribution >= 4 is 23.5 Å². The zero-order valence-electron chi connectivity index (χ0n) is 13.4. The lowest BCUT2D eigenvalue weighted by atomic mass is 10.1. The fourth-order valence-electron chi connectivity index (χ4n) is 2.23. The number of carbonyl (C=O) groups is 2. The zero-order valence-corrected chi connectivity index (χ0v) is 14.1. The summed E-state index contributed by atoms with van der Waals surface area (Å²) in [7, 11) is 0. The minimum Gasteiger partial charge on any atom is -0.482 e. The van der Waals surface area contributed by atoms with Gasteiger partial charge < -0.3 is 19.8 Å². The summed E-state index contributed by atoms with van der Waals surface area (Å²) in [5.74, 6) is -0.853. The predicted molar refractivity (Wildman–Crippen MR) is 92.9 cm³/mol. The molecule has 25 heavy (non-hydrogen) atoms. The van der Waals surface area contributed by atoms with Gasteiger partial charge in [0.25, 0.3) is 5.91 Å². The summed E-state index contributed by atoms with van der Waals surface area (Å²) in [5, 5.41) is 18.3. The van der Waals surface area contributed by atoms with Crippen LogP contribution in [0.15, 0.2) is 48.5 Å². The van der Waals surface area contributed by atoms with Crippen LogP contribution in [0.1, 0.15) is 15.9 Å². The molecule has 2 aromatic rings. The maximum absolute atomic E-state index is 12.6. The van der Waals surface area contributed by atoms with Crippen LogP contribution in [0.4, 0.5) is 0 Å². The summed E-state index contributed by atoms with van der Waals surface area (Å²) >= 11 is 5.92. The molecule has 7 heteroatoms. The highest BCUT2D eigenvalue weighted by Gasteiger charge is 2.16. The second-order valence-corrected chi connectivity index (χ2v) is 5.72. The first-order valence-corrected chi connectivity index (χ1v) is 7.96. The lowest BCUT2D eigenvalue weighted by molar-refractivity contribution is -0.139. The molecule has 2 N–H and O–H groups in total. The Bertz CT molecular complexity index is 733. The molecule has 0 heterocycles. The van der Waals surface area contributed by atoms with Gasteiger partial charge in [0.1, 0.15) is 5.75 Å². The van der Waals surface area contributed by atoms with Gasteiger partial charge in [-0.05, 0) is 35.9 Å². The molecule has 0 saturated heterocycles. The van der Waals surface area contributed by atoms with Crippen molar-refractivity contribution in [2.24, 2.45) is 0 Å². The molecule has 0 unspecified atom stereocenters. The maximum atomic E-state index is 12.6. The van der Waals surface area contributed by atoms with E-state index >= 15 is 0 Å². The number of benzene rings is 2. The number of aliphatic hydroxyl groups excluding tert-OH is 1. The first-order chi connectivity index (χ1) is 12.0. The summed E-state index contributed by atoms with van der Waals surface area (Å²) in [5.41, 5.74) is 1.27. The third-order valence-electron chi connectivity index (χ3n) is 3.39. The van der Waals surface area contributed by atoms with Crippen molar-refractivity contribution < 1.29 is 24.5 Å². The number of aliphatic carboxylic acids is 1. The van der Waals surface area contributed by atoms with E-state index in [1.807, 2.05) is 0 Å². The van der Waals surface area contributed by atoms with Crippen LogP contribution in [0, 0.1) is 0 Å². The van der Waals surface area contributed by atoms with Crippen LogP contribution >= 0.6 is 11.6 Å². The van der Waals surface area contributed by atoms with Crippen molar-refractivity contribution in [3.05, 3.63) is 64.7 Å². The van der Waals surface area contributed by atoms with Crippen LogP contribution in [0.2, 0.25) is 5.02 Å². The molecule has 0 radical (unpaired) electrons. The van der Waals surface area contributed by atoms with E-state index in [1.54, 1.807) is 48.5 Å². The molecule has 132 valence electrons. The minimum atomic E-state index is -1.05. The number of hydrogen-bond acceptors (Lipinski definition) is 4. The highest BCUT2D eigenvalue weighted by atomic mass is 35.5. The number of aliphatic hydroxyl groups is 1. The number of ether oxygens (including phenoxy) is 1. The SMILES string of the molecule is O=C(O)COc1ccc(CN(CCO)C(=O)c2cccc(Cl)c2)cc1. The van der Waals surface area contributed by atoms with Crippen molar-refractivity contribution in [3.63, 3.8) is 0 Å². The Labute approximate surface area is 150 Å². The fourth-order valence-corrected chi connectivity index (χ4v) is 2.42. The van der Waals surface area contributed by atoms with Crippen LogP contribution in [0.25, 0.3) is 0 Å². The van der Waals surface area contributed by atoms with E-state index in [2.05, 4.69) is 0 Å². The van der Waals surface area contributed by atoms with Crippen molar-refractivity contribution in [3.8, 4) is 5.75 Å². The average molecular weight is 364 g/mol. The fraction of sp³-hybridized carbons (Fsp3) is 0.222. The van der Waals surface area contributed by atoms with Gasteiger partial charge in [0.15, 0.2) is 6.61 Å². The quantitative estimate of drug-likeness (QED) is 0.752. The Morgan fingerprint density at radius 3 is 2.44 bits per heavy atom. The summed E-state index contributed by atoms with van der Waals surface area (Å²) in [6, 6.07) is 13.4. The highest BCUT2D eigenvalue weighted by molar-refractivity contribution is 6.30. The molecule has 0 atom stereocenters. The van der Waals surface area contributed by atoms with E-state index in [1.165, 1.54) is 4.90 Å². The molecule has 2 rings (SSSR count). The summed E-state index contributed by atoms with van der Waals surface area (Å²) < 4.78 is 5.07. The topological polar surface area (TPSA) is 87.1 Å². The third-order valence-corrected chi connectivity index (χ3v) is 3.62. The zero-order chi connectivity index (χ0) is 18.2. The van der Waals surface area contributed by atoms with Gasteiger partial charge in [-0.25, -0.2) is 4.79 Å². The Balaban J connectivity index is 2.08. The number of nitrogens with zero attached hydrogens (tertiary/aromatic N) is 1. The third kappa shape index (κ3) is 5.77. The molecule has 0 aliphatic carbocycles. The number of carboxylic acids is 1. The Morgan fingerprint density at radius 2 is 1.84 bits per heavy atom. The number of carbonyl (C=O) groups excluding carboxylic acids is 1. The molecule has 6 nitrogen and oxygen atoms in total. The molecule has 1 amide bonds. The van der Waals surface area contributed by atoms with E-state index in [0.29, 0.717) is 22.9 Å². The molecule has 0 fully saturated rings. The molecule has 0 aliphatic rings. The van der Waals surface area contributed by atoms with Gasteiger partial charge in [-0.3, -0.25) is 4.79 Å². The van der Waals surface area contributed by atoms with Gasteiger partial charge in [-0.1, -0.05) is 29.8 Å². The van der Waals surface area contributed by atoms with E-state index in [-0.39, 0.29) is 19.1 Å². The predicted octanol–water partition coefficient (Wildman–Crippen LogP) is 2.44.